The molecule has 3 heterocycles. The van der Waals surface area contributed by atoms with Gasteiger partial charge in [-0.2, -0.15) is 0 Å². The normalized spacial score (nSPS) is 36.0. The number of carboxylic acid groups (broad SMARTS) is 3. The van der Waals surface area contributed by atoms with Gasteiger partial charge in [-0.25, -0.2) is 14.4 Å². The molecular formula is C17H26BN2O6. The molecule has 1 radical (unpaired) electrons. The number of aliphatic carboxylic acids is 1. The second-order valence-electron chi connectivity index (χ2n) is 7.79. The Morgan fingerprint density at radius 1 is 1.19 bits per heavy atom. The summed E-state index contributed by atoms with van der Waals surface area (Å²) >= 11 is 0. The summed E-state index contributed by atoms with van der Waals surface area (Å²) in [5.41, 5.74) is -0.605. The van der Waals surface area contributed by atoms with Crippen molar-refractivity contribution in [3.8, 4) is 0 Å². The van der Waals surface area contributed by atoms with Gasteiger partial charge in [0.25, 0.3) is 0 Å². The van der Waals surface area contributed by atoms with E-state index in [2.05, 4.69) is 14.2 Å². The van der Waals surface area contributed by atoms with E-state index in [0.717, 1.165) is 36.9 Å². The third-order valence-corrected chi connectivity index (χ3v) is 6.55. The van der Waals surface area contributed by atoms with E-state index in [0.29, 0.717) is 12.8 Å². The molecule has 3 saturated heterocycles. The predicted octanol–water partition coefficient (Wildman–Crippen LogP) is 2.44. The number of hydrogen-bond donors (Lipinski definition) is 3. The Labute approximate surface area is 153 Å². The van der Waals surface area contributed by atoms with Crippen molar-refractivity contribution in [2.45, 2.75) is 75.2 Å². The maximum atomic E-state index is 12.2. The maximum Gasteiger partial charge on any atom is 0.408 e. The van der Waals surface area contributed by atoms with E-state index in [1.165, 1.54) is 4.90 Å². The first-order chi connectivity index (χ1) is 12.3. The number of carboxylic acids is 1. The highest BCUT2D eigenvalue weighted by Gasteiger charge is 2.64. The number of fused-ring (bicyclic) bond motifs is 1. The highest BCUT2D eigenvalue weighted by molar-refractivity contribution is 6.39. The summed E-state index contributed by atoms with van der Waals surface area (Å²) in [5.74, 6) is -1.57. The van der Waals surface area contributed by atoms with E-state index in [1.807, 2.05) is 0 Å². The smallest absolute Gasteiger partial charge is 0.408 e. The average Bonchev–Trinajstić information content (AvgIpc) is 3.25. The summed E-state index contributed by atoms with van der Waals surface area (Å²) < 4.78 is 0. The molecule has 0 aromatic rings. The molecule has 9 heteroatoms. The standard InChI is InChI=1S/C17H26BN2O6/c1-2-3-6-17(12-5-4-7-18-12)8-10-11(20(17)16(25)26)9-19(15(23)24)13(10)14(21)22/h10-13H,2-9H2,1H3,(H,21,22)(H,23,24)(H,25,26). The fourth-order valence-electron chi connectivity index (χ4n) is 5.58. The summed E-state index contributed by atoms with van der Waals surface area (Å²) in [4.78, 5) is 37.9. The van der Waals surface area contributed by atoms with Crippen molar-refractivity contribution in [1.29, 1.82) is 0 Å². The first-order valence-electron chi connectivity index (χ1n) is 9.41. The zero-order chi connectivity index (χ0) is 19.1. The summed E-state index contributed by atoms with van der Waals surface area (Å²) in [6.07, 6.45) is 3.43. The van der Waals surface area contributed by atoms with Gasteiger partial charge in [0, 0.05) is 18.0 Å². The van der Waals surface area contributed by atoms with Crippen LogP contribution in [0.2, 0.25) is 12.1 Å². The Bertz CT molecular complexity index is 596. The van der Waals surface area contributed by atoms with Gasteiger partial charge in [0.1, 0.15) is 13.3 Å². The molecule has 0 saturated carbocycles. The Hall–Kier alpha value is -1.93. The number of unbranched alkanes of at least 4 members (excludes halogenated alkanes) is 1. The first-order valence-corrected chi connectivity index (χ1v) is 9.41. The van der Waals surface area contributed by atoms with Crippen molar-refractivity contribution in [3.05, 3.63) is 0 Å². The SMILES string of the molecule is CCCCC1(C2[B]CCC2)CC2C(C(=O)O)N(C(=O)O)CC2N1C(=O)O. The molecule has 0 aromatic carbocycles. The number of amides is 2. The van der Waals surface area contributed by atoms with E-state index >= 15 is 0 Å². The monoisotopic (exact) mass is 365 g/mol. The first kappa shape index (κ1) is 18.9. The lowest BCUT2D eigenvalue weighted by Gasteiger charge is -2.45. The van der Waals surface area contributed by atoms with Gasteiger partial charge in [-0.3, -0.25) is 9.80 Å². The molecule has 0 spiro atoms. The van der Waals surface area contributed by atoms with Gasteiger partial charge in [0.15, 0.2) is 0 Å². The lowest BCUT2D eigenvalue weighted by atomic mass is 9.56. The van der Waals surface area contributed by atoms with Crippen LogP contribution in [-0.4, -0.2) is 74.7 Å². The fraction of sp³-hybridized carbons (Fsp3) is 0.824. The predicted molar refractivity (Wildman–Crippen MR) is 93.7 cm³/mol. The minimum absolute atomic E-state index is 0.0656. The molecule has 0 bridgehead atoms. The van der Waals surface area contributed by atoms with Crippen molar-refractivity contribution in [2.75, 3.05) is 6.54 Å². The minimum Gasteiger partial charge on any atom is -0.480 e. The Morgan fingerprint density at radius 3 is 2.42 bits per heavy atom. The Kier molecular flexibility index (Phi) is 5.08. The van der Waals surface area contributed by atoms with Crippen molar-refractivity contribution >= 4 is 25.4 Å². The molecule has 3 aliphatic heterocycles. The average molecular weight is 365 g/mol. The van der Waals surface area contributed by atoms with E-state index in [9.17, 15) is 29.7 Å². The highest BCUT2D eigenvalue weighted by atomic mass is 16.4. The van der Waals surface area contributed by atoms with Crippen LogP contribution < -0.4 is 0 Å². The van der Waals surface area contributed by atoms with Crippen LogP contribution in [0.25, 0.3) is 0 Å². The molecule has 8 nitrogen and oxygen atoms in total. The van der Waals surface area contributed by atoms with Crippen LogP contribution in [0.15, 0.2) is 0 Å². The van der Waals surface area contributed by atoms with E-state index < -0.39 is 41.7 Å². The Morgan fingerprint density at radius 2 is 1.92 bits per heavy atom. The quantitative estimate of drug-likeness (QED) is 0.644. The third-order valence-electron chi connectivity index (χ3n) is 6.55. The second-order valence-corrected chi connectivity index (χ2v) is 7.79. The van der Waals surface area contributed by atoms with E-state index in [4.69, 9.17) is 0 Å². The van der Waals surface area contributed by atoms with Crippen molar-refractivity contribution in [2.24, 2.45) is 5.92 Å². The molecule has 0 aliphatic carbocycles. The van der Waals surface area contributed by atoms with Crippen LogP contribution in [0.1, 0.15) is 45.4 Å². The topological polar surface area (TPSA) is 118 Å². The molecule has 5 unspecified atom stereocenters. The number of nitrogens with zero attached hydrogens (tertiary/aromatic N) is 2. The zero-order valence-electron chi connectivity index (χ0n) is 15.0. The van der Waals surface area contributed by atoms with Crippen LogP contribution in [0.4, 0.5) is 9.59 Å². The fourth-order valence-corrected chi connectivity index (χ4v) is 5.58. The summed E-state index contributed by atoms with van der Waals surface area (Å²) in [6.45, 7) is 1.99. The molecule has 2 amide bonds. The Balaban J connectivity index is 2.01. The van der Waals surface area contributed by atoms with Crippen molar-refractivity contribution in [1.82, 2.24) is 9.80 Å². The van der Waals surface area contributed by atoms with Crippen molar-refractivity contribution < 1.29 is 29.7 Å². The molecule has 3 fully saturated rings. The third kappa shape index (κ3) is 2.81. The largest absolute Gasteiger partial charge is 0.480 e. The summed E-state index contributed by atoms with van der Waals surface area (Å²) in [6, 6.07) is -1.76. The minimum atomic E-state index is -1.30. The van der Waals surface area contributed by atoms with E-state index in [-0.39, 0.29) is 12.4 Å². The molecule has 3 rings (SSSR count). The van der Waals surface area contributed by atoms with E-state index in [1.54, 1.807) is 0 Å². The molecule has 0 aromatic heterocycles. The summed E-state index contributed by atoms with van der Waals surface area (Å²) in [5, 5.41) is 29.0. The van der Waals surface area contributed by atoms with Crippen molar-refractivity contribution in [3.63, 3.8) is 0 Å². The number of rotatable bonds is 5. The molecule has 3 N–H and O–H groups in total. The van der Waals surface area contributed by atoms with Gasteiger partial charge in [-0.05, 0) is 18.7 Å². The highest BCUT2D eigenvalue weighted by Crippen LogP contribution is 2.55. The maximum absolute atomic E-state index is 12.2. The van der Waals surface area contributed by atoms with Crippen LogP contribution >= 0.6 is 0 Å². The molecular weight excluding hydrogens is 339 g/mol. The van der Waals surface area contributed by atoms with Crippen LogP contribution in [0.5, 0.6) is 0 Å². The van der Waals surface area contributed by atoms with Gasteiger partial charge < -0.3 is 15.3 Å². The molecule has 5 atom stereocenters. The van der Waals surface area contributed by atoms with Crippen LogP contribution in [0, 0.1) is 5.92 Å². The number of hydrogen-bond acceptors (Lipinski definition) is 3. The molecule has 3 aliphatic rings. The van der Waals surface area contributed by atoms with Gasteiger partial charge >= 0.3 is 18.2 Å². The van der Waals surface area contributed by atoms with Crippen LogP contribution in [-0.2, 0) is 4.79 Å². The number of carbonyl (C=O) groups is 3. The lowest BCUT2D eigenvalue weighted by molar-refractivity contribution is -0.143. The molecule has 26 heavy (non-hydrogen) atoms. The lowest BCUT2D eigenvalue weighted by Crippen LogP contribution is -2.55. The van der Waals surface area contributed by atoms with Gasteiger partial charge in [0.05, 0.1) is 6.04 Å². The zero-order valence-corrected chi connectivity index (χ0v) is 15.0. The molecule has 143 valence electrons. The number of likely N-dealkylation sites (tertiary alicyclic amines) is 2. The van der Waals surface area contributed by atoms with Gasteiger partial charge in [0.2, 0.25) is 0 Å². The second kappa shape index (κ2) is 7.00. The van der Waals surface area contributed by atoms with Crippen LogP contribution in [0.3, 0.4) is 0 Å². The van der Waals surface area contributed by atoms with Gasteiger partial charge in [-0.1, -0.05) is 38.9 Å². The summed E-state index contributed by atoms with van der Waals surface area (Å²) in [7, 11) is 2.19. The van der Waals surface area contributed by atoms with Gasteiger partial charge in [-0.15, -0.1) is 0 Å².